The number of halogens is 1. The van der Waals surface area contributed by atoms with Crippen molar-refractivity contribution in [1.82, 2.24) is 9.97 Å². The molecule has 0 radical (unpaired) electrons. The molecule has 7 heteroatoms. The van der Waals surface area contributed by atoms with Gasteiger partial charge in [-0.05, 0) is 36.4 Å². The third kappa shape index (κ3) is 3.36. The number of nitrogens with zero attached hydrogens (tertiary/aromatic N) is 2. The van der Waals surface area contributed by atoms with Gasteiger partial charge in [0, 0.05) is 22.5 Å². The SMILES string of the molecule is COc1cc(-c2ccnc(Nc3cccc(Cl)c3)n2)cc2c1OCCO2. The van der Waals surface area contributed by atoms with Crippen molar-refractivity contribution in [2.24, 2.45) is 0 Å². The van der Waals surface area contributed by atoms with E-state index in [0.717, 1.165) is 16.9 Å². The first-order valence-electron chi connectivity index (χ1n) is 8.06. The maximum atomic E-state index is 6.02. The van der Waals surface area contributed by atoms with Crippen molar-refractivity contribution in [3.05, 3.63) is 53.7 Å². The van der Waals surface area contributed by atoms with Crippen LogP contribution in [0.4, 0.5) is 11.6 Å². The fraction of sp³-hybridized carbons (Fsp3) is 0.158. The molecular formula is C19H16ClN3O3. The first kappa shape index (κ1) is 16.5. The molecule has 0 unspecified atom stereocenters. The molecule has 0 atom stereocenters. The van der Waals surface area contributed by atoms with E-state index in [-0.39, 0.29) is 0 Å². The summed E-state index contributed by atoms with van der Waals surface area (Å²) in [5.74, 6) is 2.35. The van der Waals surface area contributed by atoms with Gasteiger partial charge in [-0.1, -0.05) is 17.7 Å². The molecule has 0 amide bonds. The highest BCUT2D eigenvalue weighted by Crippen LogP contribution is 2.42. The third-order valence-electron chi connectivity index (χ3n) is 3.86. The number of methoxy groups -OCH3 is 1. The van der Waals surface area contributed by atoms with Gasteiger partial charge in [-0.2, -0.15) is 0 Å². The van der Waals surface area contributed by atoms with E-state index < -0.39 is 0 Å². The lowest BCUT2D eigenvalue weighted by molar-refractivity contribution is 0.165. The average molecular weight is 370 g/mol. The molecule has 4 rings (SSSR count). The first-order valence-corrected chi connectivity index (χ1v) is 8.44. The van der Waals surface area contributed by atoms with Crippen molar-refractivity contribution < 1.29 is 14.2 Å². The molecule has 2 heterocycles. The van der Waals surface area contributed by atoms with Crippen LogP contribution in [0.15, 0.2) is 48.7 Å². The molecule has 1 aromatic heterocycles. The van der Waals surface area contributed by atoms with Gasteiger partial charge in [0.05, 0.1) is 12.8 Å². The zero-order valence-corrected chi connectivity index (χ0v) is 14.8. The normalized spacial score (nSPS) is 12.5. The fourth-order valence-corrected chi connectivity index (χ4v) is 2.89. The monoisotopic (exact) mass is 369 g/mol. The fourth-order valence-electron chi connectivity index (χ4n) is 2.70. The first-order chi connectivity index (χ1) is 12.7. The van der Waals surface area contributed by atoms with Crippen LogP contribution in [0.25, 0.3) is 11.3 Å². The minimum absolute atomic E-state index is 0.471. The molecule has 2 aromatic carbocycles. The van der Waals surface area contributed by atoms with Gasteiger partial charge >= 0.3 is 0 Å². The van der Waals surface area contributed by atoms with Crippen molar-refractivity contribution in [2.75, 3.05) is 25.6 Å². The average Bonchev–Trinajstić information content (AvgIpc) is 2.67. The van der Waals surface area contributed by atoms with Gasteiger partial charge in [-0.25, -0.2) is 9.97 Å². The number of nitrogens with one attached hydrogen (secondary N) is 1. The van der Waals surface area contributed by atoms with E-state index in [9.17, 15) is 0 Å². The highest BCUT2D eigenvalue weighted by atomic mass is 35.5. The van der Waals surface area contributed by atoms with Crippen molar-refractivity contribution in [1.29, 1.82) is 0 Å². The summed E-state index contributed by atoms with van der Waals surface area (Å²) in [5, 5.41) is 3.79. The summed E-state index contributed by atoms with van der Waals surface area (Å²) in [5.41, 5.74) is 2.40. The molecule has 0 bridgehead atoms. The lowest BCUT2D eigenvalue weighted by atomic mass is 10.1. The van der Waals surface area contributed by atoms with Gasteiger partial charge in [0.25, 0.3) is 0 Å². The van der Waals surface area contributed by atoms with Crippen LogP contribution in [0.2, 0.25) is 5.02 Å². The number of anilines is 2. The van der Waals surface area contributed by atoms with Gasteiger partial charge in [-0.3, -0.25) is 0 Å². The van der Waals surface area contributed by atoms with Gasteiger partial charge in [0.15, 0.2) is 11.5 Å². The summed E-state index contributed by atoms with van der Waals surface area (Å²) >= 11 is 6.02. The molecular weight excluding hydrogens is 354 g/mol. The zero-order chi connectivity index (χ0) is 17.9. The van der Waals surface area contributed by atoms with Crippen molar-refractivity contribution >= 4 is 23.2 Å². The molecule has 0 saturated carbocycles. The van der Waals surface area contributed by atoms with Crippen molar-refractivity contribution in [2.45, 2.75) is 0 Å². The Kier molecular flexibility index (Phi) is 4.50. The molecule has 1 aliphatic rings. The summed E-state index contributed by atoms with van der Waals surface area (Å²) in [6.45, 7) is 1.01. The minimum Gasteiger partial charge on any atom is -0.493 e. The second-order valence-corrected chi connectivity index (χ2v) is 6.04. The van der Waals surface area contributed by atoms with Gasteiger partial charge in [-0.15, -0.1) is 0 Å². The van der Waals surface area contributed by atoms with Crippen LogP contribution in [-0.4, -0.2) is 30.3 Å². The second kappa shape index (κ2) is 7.09. The Labute approximate surface area is 155 Å². The molecule has 0 fully saturated rings. The van der Waals surface area contributed by atoms with E-state index >= 15 is 0 Å². The Morgan fingerprint density at radius 1 is 1.12 bits per heavy atom. The predicted octanol–water partition coefficient (Wildman–Crippen LogP) is 4.32. The number of rotatable bonds is 4. The Bertz CT molecular complexity index is 932. The number of fused-ring (bicyclic) bond motifs is 1. The van der Waals surface area contributed by atoms with E-state index in [0.29, 0.717) is 41.4 Å². The van der Waals surface area contributed by atoms with E-state index in [2.05, 4.69) is 15.3 Å². The lowest BCUT2D eigenvalue weighted by Gasteiger charge is -2.21. The van der Waals surface area contributed by atoms with Crippen LogP contribution in [0.3, 0.4) is 0 Å². The maximum absolute atomic E-state index is 6.02. The Morgan fingerprint density at radius 3 is 2.85 bits per heavy atom. The van der Waals surface area contributed by atoms with Crippen molar-refractivity contribution in [3.8, 4) is 28.5 Å². The van der Waals surface area contributed by atoms with Crippen LogP contribution < -0.4 is 19.5 Å². The Morgan fingerprint density at radius 2 is 2.00 bits per heavy atom. The van der Waals surface area contributed by atoms with E-state index in [1.54, 1.807) is 13.3 Å². The molecule has 0 saturated heterocycles. The molecule has 26 heavy (non-hydrogen) atoms. The van der Waals surface area contributed by atoms with Crippen LogP contribution in [0.1, 0.15) is 0 Å². The maximum Gasteiger partial charge on any atom is 0.227 e. The second-order valence-electron chi connectivity index (χ2n) is 5.60. The number of hydrogen-bond donors (Lipinski definition) is 1. The van der Waals surface area contributed by atoms with Crippen LogP contribution >= 0.6 is 11.6 Å². The number of hydrogen-bond acceptors (Lipinski definition) is 6. The molecule has 3 aromatic rings. The van der Waals surface area contributed by atoms with Crippen molar-refractivity contribution in [3.63, 3.8) is 0 Å². The standard InChI is InChI=1S/C19H16ClN3O3/c1-24-16-9-12(10-17-18(16)26-8-7-25-17)15-5-6-21-19(23-15)22-14-4-2-3-13(20)11-14/h2-6,9-11H,7-8H2,1H3,(H,21,22,23). The molecule has 0 aliphatic carbocycles. The number of benzene rings is 2. The van der Waals surface area contributed by atoms with Crippen LogP contribution in [0.5, 0.6) is 17.2 Å². The Balaban J connectivity index is 1.68. The highest BCUT2D eigenvalue weighted by Gasteiger charge is 2.19. The molecule has 1 N–H and O–H groups in total. The lowest BCUT2D eigenvalue weighted by Crippen LogP contribution is -2.16. The summed E-state index contributed by atoms with van der Waals surface area (Å²) in [7, 11) is 1.60. The molecule has 132 valence electrons. The molecule has 6 nitrogen and oxygen atoms in total. The van der Waals surface area contributed by atoms with E-state index in [1.807, 2.05) is 42.5 Å². The summed E-state index contributed by atoms with van der Waals surface area (Å²) < 4.78 is 16.8. The minimum atomic E-state index is 0.471. The largest absolute Gasteiger partial charge is 0.493 e. The number of ether oxygens (including phenoxy) is 3. The smallest absolute Gasteiger partial charge is 0.227 e. The summed E-state index contributed by atoms with van der Waals surface area (Å²) in [6, 6.07) is 13.0. The van der Waals surface area contributed by atoms with Gasteiger partial charge in [0.2, 0.25) is 11.7 Å². The molecule has 0 spiro atoms. The highest BCUT2D eigenvalue weighted by molar-refractivity contribution is 6.30. The third-order valence-corrected chi connectivity index (χ3v) is 4.10. The topological polar surface area (TPSA) is 65.5 Å². The predicted molar refractivity (Wildman–Crippen MR) is 99.7 cm³/mol. The van der Waals surface area contributed by atoms with E-state index in [4.69, 9.17) is 25.8 Å². The van der Waals surface area contributed by atoms with E-state index in [1.165, 1.54) is 0 Å². The number of aromatic nitrogens is 2. The van der Waals surface area contributed by atoms with Crippen LogP contribution in [-0.2, 0) is 0 Å². The van der Waals surface area contributed by atoms with Gasteiger partial charge < -0.3 is 19.5 Å². The zero-order valence-electron chi connectivity index (χ0n) is 14.0. The van der Waals surface area contributed by atoms with Crippen LogP contribution in [0, 0.1) is 0 Å². The summed E-state index contributed by atoms with van der Waals surface area (Å²) in [4.78, 5) is 8.84. The molecule has 1 aliphatic heterocycles. The Hall–Kier alpha value is -2.99. The summed E-state index contributed by atoms with van der Waals surface area (Å²) in [6.07, 6.45) is 1.69. The van der Waals surface area contributed by atoms with Gasteiger partial charge in [0.1, 0.15) is 13.2 Å². The quantitative estimate of drug-likeness (QED) is 0.738.